The Balaban J connectivity index is 1.68. The molecule has 1 aromatic rings. The first-order valence-corrected chi connectivity index (χ1v) is 9.44. The van der Waals surface area contributed by atoms with Gasteiger partial charge in [-0.05, 0) is 25.8 Å². The van der Waals surface area contributed by atoms with Crippen LogP contribution in [-0.4, -0.2) is 82.7 Å². The van der Waals surface area contributed by atoms with E-state index in [-0.39, 0.29) is 5.91 Å². The molecule has 7 heteroatoms. The van der Waals surface area contributed by atoms with E-state index in [0.717, 1.165) is 58.4 Å². The summed E-state index contributed by atoms with van der Waals surface area (Å²) < 4.78 is 0. The molecule has 3 heterocycles. The van der Waals surface area contributed by atoms with Crippen LogP contribution in [0.1, 0.15) is 43.1 Å². The predicted molar refractivity (Wildman–Crippen MR) is 96.7 cm³/mol. The van der Waals surface area contributed by atoms with Gasteiger partial charge in [0.2, 0.25) is 0 Å². The van der Waals surface area contributed by atoms with Crippen molar-refractivity contribution in [3.63, 3.8) is 0 Å². The van der Waals surface area contributed by atoms with Gasteiger partial charge in [-0.3, -0.25) is 14.7 Å². The van der Waals surface area contributed by atoms with Crippen LogP contribution < -0.4 is 4.90 Å². The highest BCUT2D eigenvalue weighted by Gasteiger charge is 2.24. The molecule has 0 bridgehead atoms. The van der Waals surface area contributed by atoms with Gasteiger partial charge in [-0.2, -0.15) is 0 Å². The summed E-state index contributed by atoms with van der Waals surface area (Å²) in [4.78, 5) is 27.5. The Morgan fingerprint density at radius 2 is 2.00 bits per heavy atom. The molecule has 2 aliphatic rings. The summed E-state index contributed by atoms with van der Waals surface area (Å²) in [6, 6.07) is 0. The highest BCUT2D eigenvalue weighted by molar-refractivity contribution is 5.92. The highest BCUT2D eigenvalue weighted by atomic mass is 16.3. The molecule has 2 aliphatic heterocycles. The Kier molecular flexibility index (Phi) is 6.20. The summed E-state index contributed by atoms with van der Waals surface area (Å²) in [6.45, 7) is 7.70. The van der Waals surface area contributed by atoms with Gasteiger partial charge in [0.25, 0.3) is 5.91 Å². The Morgan fingerprint density at radius 1 is 1.20 bits per heavy atom. The van der Waals surface area contributed by atoms with Crippen LogP contribution in [0.15, 0.2) is 12.4 Å². The largest absolute Gasteiger partial charge is 0.390 e. The van der Waals surface area contributed by atoms with E-state index in [0.29, 0.717) is 24.6 Å². The summed E-state index contributed by atoms with van der Waals surface area (Å²) in [6.07, 6.45) is 7.24. The quantitative estimate of drug-likeness (QED) is 0.857. The molecule has 138 valence electrons. The molecule has 7 nitrogen and oxygen atoms in total. The van der Waals surface area contributed by atoms with Crippen LogP contribution in [0.3, 0.4) is 0 Å². The fourth-order valence-electron chi connectivity index (χ4n) is 3.54. The molecule has 1 atom stereocenters. The second-order valence-corrected chi connectivity index (χ2v) is 7.02. The minimum Gasteiger partial charge on any atom is -0.390 e. The third-order valence-electron chi connectivity index (χ3n) is 4.97. The molecular weight excluding hydrogens is 318 g/mol. The van der Waals surface area contributed by atoms with Crippen LogP contribution >= 0.6 is 0 Å². The van der Waals surface area contributed by atoms with E-state index in [1.165, 1.54) is 0 Å². The number of hydrogen-bond donors (Lipinski definition) is 1. The van der Waals surface area contributed by atoms with Crippen molar-refractivity contribution < 1.29 is 9.90 Å². The molecule has 0 spiro atoms. The van der Waals surface area contributed by atoms with Crippen molar-refractivity contribution in [2.75, 3.05) is 50.7 Å². The molecule has 1 aromatic heterocycles. The molecule has 1 N–H and O–H groups in total. The Hall–Kier alpha value is -1.73. The molecule has 2 fully saturated rings. The first-order valence-electron chi connectivity index (χ1n) is 9.44. The predicted octanol–water partition coefficient (Wildman–Crippen LogP) is 0.996. The first-order chi connectivity index (χ1) is 12.2. The van der Waals surface area contributed by atoms with Crippen molar-refractivity contribution in [1.82, 2.24) is 19.8 Å². The SMILES string of the molecule is CCCCN1CCN(c2cncc(C(=O)N3CCCC3)n2)C[C@H](O)C1. The zero-order valence-electron chi connectivity index (χ0n) is 15.1. The molecule has 0 aliphatic carbocycles. The maximum atomic E-state index is 12.5. The number of amides is 1. The second-order valence-electron chi connectivity index (χ2n) is 7.02. The van der Waals surface area contributed by atoms with Crippen molar-refractivity contribution >= 4 is 11.7 Å². The van der Waals surface area contributed by atoms with E-state index < -0.39 is 6.10 Å². The standard InChI is InChI=1S/C18H29N5O2/c1-2-3-6-21-9-10-23(14-15(24)13-21)17-12-19-11-16(20-17)18(25)22-7-4-5-8-22/h11-12,15,24H,2-10,13-14H2,1H3/t15-/m1/s1. The number of rotatable bonds is 5. The number of aliphatic hydroxyl groups is 1. The van der Waals surface area contributed by atoms with E-state index >= 15 is 0 Å². The minimum absolute atomic E-state index is 0.0354. The van der Waals surface area contributed by atoms with Gasteiger partial charge in [0, 0.05) is 39.3 Å². The normalized spacial score (nSPS) is 22.2. The number of carbonyl (C=O) groups is 1. The zero-order chi connectivity index (χ0) is 17.6. The summed E-state index contributed by atoms with van der Waals surface area (Å²) >= 11 is 0. The lowest BCUT2D eigenvalue weighted by atomic mass is 10.3. The van der Waals surface area contributed by atoms with Crippen molar-refractivity contribution in [2.45, 2.75) is 38.7 Å². The number of unbranched alkanes of at least 4 members (excludes halogenated alkanes) is 1. The van der Waals surface area contributed by atoms with Gasteiger partial charge in [0.05, 0.1) is 18.5 Å². The smallest absolute Gasteiger partial charge is 0.274 e. The lowest BCUT2D eigenvalue weighted by molar-refractivity contribution is 0.0786. The third kappa shape index (κ3) is 4.67. The van der Waals surface area contributed by atoms with Crippen LogP contribution in [0, 0.1) is 0 Å². The summed E-state index contributed by atoms with van der Waals surface area (Å²) in [5, 5.41) is 10.3. The van der Waals surface area contributed by atoms with Gasteiger partial charge in [0.15, 0.2) is 0 Å². The van der Waals surface area contributed by atoms with Crippen molar-refractivity contribution in [1.29, 1.82) is 0 Å². The molecule has 0 saturated carbocycles. The molecule has 3 rings (SSSR count). The number of carbonyl (C=O) groups excluding carboxylic acids is 1. The van der Waals surface area contributed by atoms with E-state index in [2.05, 4.69) is 21.8 Å². The van der Waals surface area contributed by atoms with E-state index in [1.54, 1.807) is 12.4 Å². The van der Waals surface area contributed by atoms with Gasteiger partial charge in [-0.1, -0.05) is 13.3 Å². The van der Waals surface area contributed by atoms with Crippen LogP contribution in [0.4, 0.5) is 5.82 Å². The second kappa shape index (κ2) is 8.58. The van der Waals surface area contributed by atoms with Crippen molar-refractivity contribution in [2.24, 2.45) is 0 Å². The lowest BCUT2D eigenvalue weighted by Gasteiger charge is -2.23. The van der Waals surface area contributed by atoms with Gasteiger partial charge in [-0.25, -0.2) is 4.98 Å². The summed E-state index contributed by atoms with van der Waals surface area (Å²) in [5.41, 5.74) is 0.404. The first kappa shape index (κ1) is 18.1. The number of hydrogen-bond acceptors (Lipinski definition) is 6. The third-order valence-corrected chi connectivity index (χ3v) is 4.97. The maximum absolute atomic E-state index is 12.5. The summed E-state index contributed by atoms with van der Waals surface area (Å²) in [5.74, 6) is 0.647. The Labute approximate surface area is 149 Å². The van der Waals surface area contributed by atoms with Crippen LogP contribution in [0.25, 0.3) is 0 Å². The Morgan fingerprint density at radius 3 is 2.76 bits per heavy atom. The average molecular weight is 347 g/mol. The van der Waals surface area contributed by atoms with E-state index in [4.69, 9.17) is 0 Å². The summed E-state index contributed by atoms with van der Waals surface area (Å²) in [7, 11) is 0. The molecule has 0 aromatic carbocycles. The van der Waals surface area contributed by atoms with Gasteiger partial charge in [0.1, 0.15) is 11.5 Å². The van der Waals surface area contributed by atoms with Gasteiger partial charge < -0.3 is 14.9 Å². The topological polar surface area (TPSA) is 72.8 Å². The van der Waals surface area contributed by atoms with Crippen LogP contribution in [0.2, 0.25) is 0 Å². The maximum Gasteiger partial charge on any atom is 0.274 e. The number of anilines is 1. The molecule has 1 amide bonds. The van der Waals surface area contributed by atoms with E-state index in [9.17, 15) is 9.90 Å². The number of β-amino-alcohol motifs (C(OH)–C–C–N with tert-alkyl or cyclic N) is 1. The van der Waals surface area contributed by atoms with Gasteiger partial charge in [-0.15, -0.1) is 0 Å². The van der Waals surface area contributed by atoms with Crippen LogP contribution in [-0.2, 0) is 0 Å². The average Bonchev–Trinajstić information content (AvgIpc) is 3.10. The molecule has 2 saturated heterocycles. The molecular formula is C18H29N5O2. The fourth-order valence-corrected chi connectivity index (χ4v) is 3.54. The number of aliphatic hydroxyl groups excluding tert-OH is 1. The number of likely N-dealkylation sites (tertiary alicyclic amines) is 1. The van der Waals surface area contributed by atoms with E-state index in [1.807, 2.05) is 9.80 Å². The van der Waals surface area contributed by atoms with Crippen molar-refractivity contribution in [3.8, 4) is 0 Å². The Bertz CT molecular complexity index is 576. The number of nitrogens with zero attached hydrogens (tertiary/aromatic N) is 5. The molecule has 0 unspecified atom stereocenters. The van der Waals surface area contributed by atoms with Crippen LogP contribution in [0.5, 0.6) is 0 Å². The molecule has 0 radical (unpaired) electrons. The molecule has 25 heavy (non-hydrogen) atoms. The lowest BCUT2D eigenvalue weighted by Crippen LogP contribution is -2.34. The number of aromatic nitrogens is 2. The fraction of sp³-hybridized carbons (Fsp3) is 0.722. The minimum atomic E-state index is -0.418. The van der Waals surface area contributed by atoms with Gasteiger partial charge >= 0.3 is 0 Å². The zero-order valence-corrected chi connectivity index (χ0v) is 15.1. The highest BCUT2D eigenvalue weighted by Crippen LogP contribution is 2.16. The van der Waals surface area contributed by atoms with Crippen molar-refractivity contribution in [3.05, 3.63) is 18.1 Å². The monoisotopic (exact) mass is 347 g/mol.